The van der Waals surface area contributed by atoms with Crippen LogP contribution >= 0.6 is 0 Å². The summed E-state index contributed by atoms with van der Waals surface area (Å²) in [6.07, 6.45) is 36.3. The van der Waals surface area contributed by atoms with Gasteiger partial charge in [-0.15, -0.1) is 0 Å². The largest absolute Gasteiger partial charge is 0.397 e. The Hall–Kier alpha value is -0.830. The minimum atomic E-state index is -4.76. The second-order valence-corrected chi connectivity index (χ2v) is 15.8. The summed E-state index contributed by atoms with van der Waals surface area (Å²) in [5.41, 5.74) is 0. The molecule has 0 saturated heterocycles. The van der Waals surface area contributed by atoms with Gasteiger partial charge in [-0.05, 0) is 25.7 Å². The van der Waals surface area contributed by atoms with Gasteiger partial charge in [0.15, 0.2) is 0 Å². The quantitative estimate of drug-likeness (QED) is 0.0368. The summed E-state index contributed by atoms with van der Waals surface area (Å²) >= 11 is 0. The molecule has 0 aromatic carbocycles. The number of carbonyl (C=O) groups is 2. The zero-order valence-corrected chi connectivity index (χ0v) is 33.1. The van der Waals surface area contributed by atoms with Crippen LogP contribution in [0.2, 0.25) is 0 Å². The average molecular weight is 717 g/mol. The molecule has 0 radical (unpaired) electrons. The maximum absolute atomic E-state index is 13.2. The predicted octanol–water partition coefficient (Wildman–Crippen LogP) is 12.2. The van der Waals surface area contributed by atoms with Gasteiger partial charge in [-0.25, -0.2) is 4.18 Å². The number of rotatable bonds is 40. The van der Waals surface area contributed by atoms with E-state index in [9.17, 15) is 27.7 Å². The summed E-state index contributed by atoms with van der Waals surface area (Å²) in [7, 11) is -4.76. The van der Waals surface area contributed by atoms with E-state index in [1.54, 1.807) is 0 Å². The molecule has 0 aliphatic rings. The van der Waals surface area contributed by atoms with Crippen molar-refractivity contribution in [1.82, 2.24) is 0 Å². The minimum Gasteiger partial charge on any atom is -0.396 e. The van der Waals surface area contributed by atoms with Gasteiger partial charge in [-0.3, -0.25) is 14.1 Å². The Morgan fingerprint density at radius 1 is 0.490 bits per heavy atom. The van der Waals surface area contributed by atoms with E-state index in [-0.39, 0.29) is 43.9 Å². The topological polar surface area (TPSA) is 118 Å². The zero-order valence-electron chi connectivity index (χ0n) is 32.2. The van der Waals surface area contributed by atoms with E-state index in [1.165, 1.54) is 141 Å². The lowest BCUT2D eigenvalue weighted by Crippen LogP contribution is -2.31. The molecule has 2 N–H and O–H groups in total. The Balaban J connectivity index is 4.34. The molecule has 0 aliphatic heterocycles. The third-order valence-electron chi connectivity index (χ3n) is 10.0. The fourth-order valence-corrected chi connectivity index (χ4v) is 7.43. The standard InChI is InChI=1S/C41H80O7S/c1-3-5-7-9-11-13-15-17-19-21-23-25-27-29-31-33-40(43)39(37-38(35-36-42)48-49(45,46)47)41(44)34-32-30-28-26-24-22-20-18-16-14-12-10-8-6-4-2/h38-39,42H,3-37H2,1-2H3,(H,45,46,47). The molecule has 0 heterocycles. The lowest BCUT2D eigenvalue weighted by atomic mass is 9.86. The van der Waals surface area contributed by atoms with E-state index >= 15 is 0 Å². The zero-order chi connectivity index (χ0) is 36.3. The Morgan fingerprint density at radius 2 is 0.755 bits per heavy atom. The van der Waals surface area contributed by atoms with Crippen molar-refractivity contribution >= 4 is 22.0 Å². The minimum absolute atomic E-state index is 0.0746. The second kappa shape index (κ2) is 35.6. The van der Waals surface area contributed by atoms with Crippen LogP contribution in [0.3, 0.4) is 0 Å². The van der Waals surface area contributed by atoms with Gasteiger partial charge in [0.1, 0.15) is 11.6 Å². The number of hydrogen-bond donors (Lipinski definition) is 2. The molecule has 49 heavy (non-hydrogen) atoms. The van der Waals surface area contributed by atoms with E-state index in [4.69, 9.17) is 4.18 Å². The van der Waals surface area contributed by atoms with Crippen molar-refractivity contribution in [2.24, 2.45) is 5.92 Å². The van der Waals surface area contributed by atoms with E-state index < -0.39 is 22.4 Å². The Kier molecular flexibility index (Phi) is 35.0. The highest BCUT2D eigenvalue weighted by Gasteiger charge is 2.30. The van der Waals surface area contributed by atoms with Crippen molar-refractivity contribution in [3.63, 3.8) is 0 Å². The van der Waals surface area contributed by atoms with Crippen LogP contribution in [0.5, 0.6) is 0 Å². The molecule has 8 heteroatoms. The highest BCUT2D eigenvalue weighted by molar-refractivity contribution is 7.80. The van der Waals surface area contributed by atoms with Crippen LogP contribution < -0.4 is 0 Å². The van der Waals surface area contributed by atoms with Crippen LogP contribution in [0, 0.1) is 5.92 Å². The van der Waals surface area contributed by atoms with Crippen molar-refractivity contribution < 1.29 is 31.8 Å². The first kappa shape index (κ1) is 48.2. The van der Waals surface area contributed by atoms with Crippen LogP contribution in [-0.4, -0.2) is 42.4 Å². The summed E-state index contributed by atoms with van der Waals surface area (Å²) in [5, 5.41) is 9.40. The number of Topliss-reactive ketones (excluding diaryl/α,β-unsaturated/α-hetero) is 2. The van der Waals surface area contributed by atoms with Crippen LogP contribution in [0.15, 0.2) is 0 Å². The lowest BCUT2D eigenvalue weighted by Gasteiger charge is -2.21. The molecule has 7 nitrogen and oxygen atoms in total. The van der Waals surface area contributed by atoms with Crippen molar-refractivity contribution in [2.45, 2.75) is 238 Å². The highest BCUT2D eigenvalue weighted by atomic mass is 32.3. The van der Waals surface area contributed by atoms with Crippen LogP contribution in [0.4, 0.5) is 0 Å². The third kappa shape index (κ3) is 34.0. The van der Waals surface area contributed by atoms with Crippen molar-refractivity contribution in [2.75, 3.05) is 6.61 Å². The molecule has 292 valence electrons. The normalized spacial score (nSPS) is 12.6. The number of ketones is 2. The van der Waals surface area contributed by atoms with E-state index in [1.807, 2.05) is 0 Å². The summed E-state index contributed by atoms with van der Waals surface area (Å²) in [6.45, 7) is 4.14. The molecule has 0 aromatic heterocycles. The van der Waals surface area contributed by atoms with Gasteiger partial charge < -0.3 is 5.11 Å². The number of aliphatic hydroxyl groups is 1. The van der Waals surface area contributed by atoms with Crippen molar-refractivity contribution in [1.29, 1.82) is 0 Å². The van der Waals surface area contributed by atoms with Crippen LogP contribution in [0.1, 0.15) is 232 Å². The Labute approximate surface area is 303 Å². The predicted molar refractivity (Wildman–Crippen MR) is 205 cm³/mol. The van der Waals surface area contributed by atoms with Gasteiger partial charge >= 0.3 is 10.4 Å². The maximum Gasteiger partial charge on any atom is 0.397 e. The highest BCUT2D eigenvalue weighted by Crippen LogP contribution is 2.23. The number of aliphatic hydroxyl groups excluding tert-OH is 1. The van der Waals surface area contributed by atoms with Crippen molar-refractivity contribution in [3.8, 4) is 0 Å². The van der Waals surface area contributed by atoms with Gasteiger partial charge in [0.05, 0.1) is 12.0 Å². The summed E-state index contributed by atoms with van der Waals surface area (Å²) in [6, 6.07) is 0. The van der Waals surface area contributed by atoms with E-state index in [2.05, 4.69) is 13.8 Å². The third-order valence-corrected chi connectivity index (χ3v) is 10.6. The van der Waals surface area contributed by atoms with Crippen molar-refractivity contribution in [3.05, 3.63) is 0 Å². The van der Waals surface area contributed by atoms with Gasteiger partial charge in [-0.2, -0.15) is 8.42 Å². The first-order valence-electron chi connectivity index (χ1n) is 21.1. The fraction of sp³-hybridized carbons (Fsp3) is 0.951. The van der Waals surface area contributed by atoms with Crippen LogP contribution in [0.25, 0.3) is 0 Å². The molecular formula is C41H80O7S. The average Bonchev–Trinajstić information content (AvgIpc) is 3.06. The monoisotopic (exact) mass is 717 g/mol. The Morgan fingerprint density at radius 3 is 1.00 bits per heavy atom. The number of unbranched alkanes of at least 4 members (excludes halogenated alkanes) is 28. The summed E-state index contributed by atoms with van der Waals surface area (Å²) < 4.78 is 36.7. The molecule has 0 aromatic rings. The van der Waals surface area contributed by atoms with E-state index in [0.29, 0.717) is 12.8 Å². The maximum atomic E-state index is 13.2. The molecule has 0 saturated carbocycles. The second-order valence-electron chi connectivity index (χ2n) is 14.8. The molecule has 0 amide bonds. The summed E-state index contributed by atoms with van der Waals surface area (Å²) in [5.74, 6) is -1.32. The smallest absolute Gasteiger partial charge is 0.396 e. The molecule has 0 rings (SSSR count). The molecule has 0 bridgehead atoms. The van der Waals surface area contributed by atoms with Crippen LogP contribution in [-0.2, 0) is 24.2 Å². The molecule has 0 fully saturated rings. The lowest BCUT2D eigenvalue weighted by molar-refractivity contribution is -0.134. The van der Waals surface area contributed by atoms with E-state index in [0.717, 1.165) is 38.5 Å². The van der Waals surface area contributed by atoms with Gasteiger partial charge in [0, 0.05) is 19.4 Å². The van der Waals surface area contributed by atoms with Gasteiger partial charge in [-0.1, -0.05) is 194 Å². The SMILES string of the molecule is CCCCCCCCCCCCCCCCCC(=O)C(CC(CCO)OS(=O)(=O)O)C(=O)CCCCCCCCCCCCCCCCC. The fourth-order valence-electron chi connectivity index (χ4n) is 6.92. The van der Waals surface area contributed by atoms with Gasteiger partial charge in [0.2, 0.25) is 0 Å². The number of carbonyl (C=O) groups excluding carboxylic acids is 2. The first-order valence-corrected chi connectivity index (χ1v) is 22.4. The Bertz CT molecular complexity index is 799. The molecule has 0 spiro atoms. The molecule has 0 aliphatic carbocycles. The number of hydrogen-bond acceptors (Lipinski definition) is 6. The first-order chi connectivity index (χ1) is 23.7. The molecular weight excluding hydrogens is 637 g/mol. The summed E-state index contributed by atoms with van der Waals surface area (Å²) in [4.78, 5) is 26.5. The molecule has 1 atom stereocenters. The van der Waals surface area contributed by atoms with Gasteiger partial charge in [0.25, 0.3) is 0 Å². The molecule has 1 unspecified atom stereocenters.